The van der Waals surface area contributed by atoms with E-state index in [4.69, 9.17) is 0 Å². The van der Waals surface area contributed by atoms with Crippen LogP contribution in [0.25, 0.3) is 0 Å². The lowest BCUT2D eigenvalue weighted by molar-refractivity contribution is -0.196. The standard InChI is InChI=1S/C31H52O3/c1-20-11-16-31(26(33)34,19-21(20)2)18-17-29(7)22(3)9-10-24-28(6)14-13-25(32)27(4,5)23(28)12-15-30(24,29)8/h9,20-21,23-25,32H,10-19H2,1-8H3,(H,33,34)/t20-,21-,23?,24-,25+,28+,29-,30-,31+/m1/s1. The second-order valence-electron chi connectivity index (χ2n) is 14.7. The van der Waals surface area contributed by atoms with E-state index in [1.54, 1.807) is 0 Å². The van der Waals surface area contributed by atoms with Crippen molar-refractivity contribution in [3.8, 4) is 0 Å². The lowest BCUT2D eigenvalue weighted by Crippen LogP contribution is -2.62. The monoisotopic (exact) mass is 472 g/mol. The molecule has 4 aliphatic rings. The molecule has 2 N–H and O–H groups in total. The summed E-state index contributed by atoms with van der Waals surface area (Å²) in [6.45, 7) is 19.0. The first-order valence-electron chi connectivity index (χ1n) is 14.2. The summed E-state index contributed by atoms with van der Waals surface area (Å²) in [6, 6.07) is 0. The Kier molecular flexibility index (Phi) is 6.45. The molecule has 3 heteroatoms. The van der Waals surface area contributed by atoms with E-state index in [0.717, 1.165) is 51.4 Å². The highest BCUT2D eigenvalue weighted by molar-refractivity contribution is 5.74. The molecule has 3 nitrogen and oxygen atoms in total. The highest BCUT2D eigenvalue weighted by Gasteiger charge is 2.65. The van der Waals surface area contributed by atoms with Crippen molar-refractivity contribution in [3.63, 3.8) is 0 Å². The Morgan fingerprint density at radius 1 is 0.941 bits per heavy atom. The smallest absolute Gasteiger partial charge is 0.309 e. The van der Waals surface area contributed by atoms with Crippen molar-refractivity contribution in [3.05, 3.63) is 11.6 Å². The predicted molar refractivity (Wildman–Crippen MR) is 139 cm³/mol. The topological polar surface area (TPSA) is 57.5 Å². The average molecular weight is 473 g/mol. The van der Waals surface area contributed by atoms with Gasteiger partial charge in [0.2, 0.25) is 0 Å². The number of fused-ring (bicyclic) bond motifs is 3. The summed E-state index contributed by atoms with van der Waals surface area (Å²) in [6.07, 6.45) is 12.3. The number of carboxylic acid groups (broad SMARTS) is 1. The van der Waals surface area contributed by atoms with Crippen LogP contribution in [0.5, 0.6) is 0 Å². The molecule has 0 aliphatic heterocycles. The van der Waals surface area contributed by atoms with Crippen molar-refractivity contribution >= 4 is 5.97 Å². The van der Waals surface area contributed by atoms with Gasteiger partial charge in [0.1, 0.15) is 0 Å². The number of rotatable bonds is 4. The Bertz CT molecular complexity index is 844. The number of carboxylic acids is 1. The minimum atomic E-state index is -0.562. The van der Waals surface area contributed by atoms with Gasteiger partial charge in [-0.15, -0.1) is 0 Å². The third-order valence-corrected chi connectivity index (χ3v) is 13.1. The molecule has 3 fully saturated rings. The minimum Gasteiger partial charge on any atom is -0.481 e. The summed E-state index contributed by atoms with van der Waals surface area (Å²) >= 11 is 0. The van der Waals surface area contributed by atoms with Crippen LogP contribution in [0.1, 0.15) is 120 Å². The van der Waals surface area contributed by atoms with Crippen LogP contribution >= 0.6 is 0 Å². The van der Waals surface area contributed by atoms with Crippen LogP contribution in [-0.4, -0.2) is 22.3 Å². The molecule has 4 aliphatic carbocycles. The lowest BCUT2D eigenvalue weighted by atomic mass is 9.36. The molecule has 0 bridgehead atoms. The summed E-state index contributed by atoms with van der Waals surface area (Å²) < 4.78 is 0. The summed E-state index contributed by atoms with van der Waals surface area (Å²) in [7, 11) is 0. The normalized spacial score (nSPS) is 50.6. The maximum atomic E-state index is 12.7. The molecule has 0 radical (unpaired) electrons. The van der Waals surface area contributed by atoms with Gasteiger partial charge < -0.3 is 10.2 Å². The van der Waals surface area contributed by atoms with Gasteiger partial charge in [-0.2, -0.15) is 0 Å². The van der Waals surface area contributed by atoms with Gasteiger partial charge in [0.25, 0.3) is 0 Å². The minimum absolute atomic E-state index is 0.0266. The molecule has 3 saturated carbocycles. The highest BCUT2D eigenvalue weighted by Crippen LogP contribution is 2.72. The number of aliphatic hydroxyl groups excluding tert-OH is 1. The summed E-state index contributed by atoms with van der Waals surface area (Å²) in [5, 5.41) is 21.3. The van der Waals surface area contributed by atoms with E-state index >= 15 is 0 Å². The Labute approximate surface area is 209 Å². The fourth-order valence-corrected chi connectivity index (χ4v) is 9.91. The van der Waals surface area contributed by atoms with E-state index in [9.17, 15) is 15.0 Å². The van der Waals surface area contributed by atoms with Crippen LogP contribution in [-0.2, 0) is 4.79 Å². The fraction of sp³-hybridized carbons (Fsp3) is 0.903. The zero-order chi connectivity index (χ0) is 25.3. The molecular formula is C31H52O3. The second-order valence-corrected chi connectivity index (χ2v) is 14.7. The Morgan fingerprint density at radius 3 is 2.24 bits per heavy atom. The molecule has 9 atom stereocenters. The Balaban J connectivity index is 1.66. The first kappa shape index (κ1) is 26.2. The first-order valence-corrected chi connectivity index (χ1v) is 14.2. The molecule has 0 saturated heterocycles. The molecule has 34 heavy (non-hydrogen) atoms. The maximum absolute atomic E-state index is 12.7. The van der Waals surface area contributed by atoms with Gasteiger partial charge in [0, 0.05) is 0 Å². The van der Waals surface area contributed by atoms with Crippen LogP contribution in [0.3, 0.4) is 0 Å². The largest absolute Gasteiger partial charge is 0.481 e. The van der Waals surface area contributed by atoms with Crippen LogP contribution in [0.2, 0.25) is 0 Å². The summed E-state index contributed by atoms with van der Waals surface area (Å²) in [5.74, 6) is 1.68. The first-order chi connectivity index (χ1) is 15.6. The molecule has 0 aromatic carbocycles. The molecule has 194 valence electrons. The van der Waals surface area contributed by atoms with Gasteiger partial charge in [-0.05, 0) is 116 Å². The summed E-state index contributed by atoms with van der Waals surface area (Å²) in [4.78, 5) is 12.7. The van der Waals surface area contributed by atoms with E-state index in [1.165, 1.54) is 18.4 Å². The van der Waals surface area contributed by atoms with E-state index in [1.807, 2.05) is 0 Å². The average Bonchev–Trinajstić information content (AvgIpc) is 2.75. The lowest BCUT2D eigenvalue weighted by Gasteiger charge is -2.68. The zero-order valence-electron chi connectivity index (χ0n) is 23.3. The predicted octanol–water partition coefficient (Wildman–Crippen LogP) is 7.87. The number of aliphatic carboxylic acids is 1. The molecule has 4 rings (SSSR count). The van der Waals surface area contributed by atoms with Crippen molar-refractivity contribution in [1.82, 2.24) is 0 Å². The SMILES string of the molecule is CC1=CC[C@@H]2[C@@]3(C)CC[C@H](O)C(C)(C)C3CC[C@@]2(C)[C@]1(C)CC[C@@]1(C(=O)O)CC[C@@H](C)[C@H](C)C1. The van der Waals surface area contributed by atoms with Crippen molar-refractivity contribution < 1.29 is 15.0 Å². The maximum Gasteiger partial charge on any atom is 0.309 e. The second kappa shape index (κ2) is 8.35. The van der Waals surface area contributed by atoms with Crippen molar-refractivity contribution in [1.29, 1.82) is 0 Å². The third-order valence-electron chi connectivity index (χ3n) is 13.1. The quantitative estimate of drug-likeness (QED) is 0.409. The van der Waals surface area contributed by atoms with Gasteiger partial charge >= 0.3 is 5.97 Å². The molecular weight excluding hydrogens is 420 g/mol. The summed E-state index contributed by atoms with van der Waals surface area (Å²) in [5.41, 5.74) is 1.32. The van der Waals surface area contributed by atoms with Crippen LogP contribution < -0.4 is 0 Å². The number of hydrogen-bond acceptors (Lipinski definition) is 2. The van der Waals surface area contributed by atoms with E-state index in [-0.39, 0.29) is 27.8 Å². The van der Waals surface area contributed by atoms with Crippen LogP contribution in [0.15, 0.2) is 11.6 Å². The fourth-order valence-electron chi connectivity index (χ4n) is 9.91. The number of hydrogen-bond donors (Lipinski definition) is 2. The van der Waals surface area contributed by atoms with Crippen LogP contribution in [0.4, 0.5) is 0 Å². The van der Waals surface area contributed by atoms with E-state index < -0.39 is 11.4 Å². The molecule has 0 aromatic heterocycles. The Hall–Kier alpha value is -0.830. The van der Waals surface area contributed by atoms with Gasteiger partial charge in [0.15, 0.2) is 0 Å². The molecule has 0 heterocycles. The molecule has 1 unspecified atom stereocenters. The van der Waals surface area contributed by atoms with E-state index in [2.05, 4.69) is 61.5 Å². The van der Waals surface area contributed by atoms with Gasteiger partial charge in [-0.1, -0.05) is 60.1 Å². The Morgan fingerprint density at radius 2 is 1.62 bits per heavy atom. The molecule has 0 spiro atoms. The van der Waals surface area contributed by atoms with Crippen molar-refractivity contribution in [2.75, 3.05) is 0 Å². The number of carbonyl (C=O) groups is 1. The molecule has 0 aromatic rings. The zero-order valence-corrected chi connectivity index (χ0v) is 23.3. The van der Waals surface area contributed by atoms with Crippen molar-refractivity contribution in [2.45, 2.75) is 126 Å². The highest BCUT2D eigenvalue weighted by atomic mass is 16.4. The van der Waals surface area contributed by atoms with Gasteiger partial charge in [-0.3, -0.25) is 4.79 Å². The van der Waals surface area contributed by atoms with Crippen molar-refractivity contribution in [2.24, 2.45) is 50.7 Å². The van der Waals surface area contributed by atoms with Crippen LogP contribution in [0, 0.1) is 50.7 Å². The van der Waals surface area contributed by atoms with Gasteiger partial charge in [0.05, 0.1) is 11.5 Å². The van der Waals surface area contributed by atoms with E-state index in [0.29, 0.717) is 23.7 Å². The number of aliphatic hydroxyl groups is 1. The van der Waals surface area contributed by atoms with Gasteiger partial charge in [-0.25, -0.2) is 0 Å². The molecule has 0 amide bonds. The number of allylic oxidation sites excluding steroid dienone is 2. The third kappa shape index (κ3) is 3.57.